The van der Waals surface area contributed by atoms with Gasteiger partial charge in [0.1, 0.15) is 5.76 Å². The van der Waals surface area contributed by atoms with E-state index < -0.39 is 0 Å². The molecule has 4 nitrogen and oxygen atoms in total. The molecule has 110 valence electrons. The summed E-state index contributed by atoms with van der Waals surface area (Å²) in [6.07, 6.45) is 5.86. The van der Waals surface area contributed by atoms with E-state index in [-0.39, 0.29) is 6.04 Å². The first kappa shape index (κ1) is 15.3. The van der Waals surface area contributed by atoms with E-state index >= 15 is 0 Å². The zero-order chi connectivity index (χ0) is 14.5. The average molecular weight is 340 g/mol. The highest BCUT2D eigenvalue weighted by Gasteiger charge is 2.22. The van der Waals surface area contributed by atoms with E-state index in [9.17, 15) is 0 Å². The van der Waals surface area contributed by atoms with Crippen LogP contribution in [0.1, 0.15) is 49.7 Å². The number of nitrogens with zero attached hydrogens (tertiary/aromatic N) is 2. The van der Waals surface area contributed by atoms with E-state index in [4.69, 9.17) is 4.42 Å². The molecule has 2 rings (SSSR count). The molecule has 2 heterocycles. The standard InChI is InChI=1S/C15H22BrN3O/c1-4-6-17-14(12-8-11(3)20-10-12)15-13(16)9-18-19(15)7-5-2/h8-10,14,17H,4-7H2,1-3H3. The predicted molar refractivity (Wildman–Crippen MR) is 83.8 cm³/mol. The molecule has 1 unspecified atom stereocenters. The highest BCUT2D eigenvalue weighted by atomic mass is 79.9. The number of hydrogen-bond acceptors (Lipinski definition) is 3. The number of aromatic nitrogens is 2. The lowest BCUT2D eigenvalue weighted by molar-refractivity contribution is 0.498. The first-order valence-corrected chi connectivity index (χ1v) is 7.96. The SMILES string of the molecule is CCCNC(c1coc(C)c1)c1c(Br)cnn1CCC. The van der Waals surface area contributed by atoms with Crippen LogP contribution in [0, 0.1) is 6.92 Å². The highest BCUT2D eigenvalue weighted by Crippen LogP contribution is 2.30. The molecular formula is C15H22BrN3O. The molecule has 2 aromatic heterocycles. The summed E-state index contributed by atoms with van der Waals surface area (Å²) >= 11 is 3.63. The monoisotopic (exact) mass is 339 g/mol. The lowest BCUT2D eigenvalue weighted by Gasteiger charge is -2.19. The summed E-state index contributed by atoms with van der Waals surface area (Å²) in [4.78, 5) is 0. The van der Waals surface area contributed by atoms with Crippen LogP contribution in [-0.2, 0) is 6.54 Å². The smallest absolute Gasteiger partial charge is 0.101 e. The molecular weight excluding hydrogens is 318 g/mol. The predicted octanol–water partition coefficient (Wildman–Crippen LogP) is 4.05. The van der Waals surface area contributed by atoms with Gasteiger partial charge in [-0.05, 0) is 48.3 Å². The van der Waals surface area contributed by atoms with Gasteiger partial charge >= 0.3 is 0 Å². The lowest BCUT2D eigenvalue weighted by Crippen LogP contribution is -2.26. The molecule has 0 aromatic carbocycles. The second-order valence-electron chi connectivity index (χ2n) is 4.98. The summed E-state index contributed by atoms with van der Waals surface area (Å²) in [6.45, 7) is 8.18. The maximum absolute atomic E-state index is 5.48. The molecule has 0 amide bonds. The Balaban J connectivity index is 2.37. The molecule has 2 aromatic rings. The van der Waals surface area contributed by atoms with Crippen molar-refractivity contribution in [3.8, 4) is 0 Å². The van der Waals surface area contributed by atoms with Crippen LogP contribution in [0.15, 0.2) is 27.4 Å². The zero-order valence-corrected chi connectivity index (χ0v) is 13.9. The van der Waals surface area contributed by atoms with Gasteiger partial charge in [-0.25, -0.2) is 0 Å². The van der Waals surface area contributed by atoms with Gasteiger partial charge in [-0.2, -0.15) is 5.10 Å². The van der Waals surface area contributed by atoms with Crippen LogP contribution in [0.3, 0.4) is 0 Å². The lowest BCUT2D eigenvalue weighted by atomic mass is 10.1. The minimum absolute atomic E-state index is 0.107. The fraction of sp³-hybridized carbons (Fsp3) is 0.533. The van der Waals surface area contributed by atoms with E-state index in [2.05, 4.69) is 50.9 Å². The van der Waals surface area contributed by atoms with Crippen molar-refractivity contribution in [2.75, 3.05) is 6.54 Å². The minimum Gasteiger partial charge on any atom is -0.469 e. The van der Waals surface area contributed by atoms with Crippen LogP contribution in [0.25, 0.3) is 0 Å². The van der Waals surface area contributed by atoms with Crippen molar-refractivity contribution in [2.24, 2.45) is 0 Å². The van der Waals surface area contributed by atoms with Crippen LogP contribution in [-0.4, -0.2) is 16.3 Å². The highest BCUT2D eigenvalue weighted by molar-refractivity contribution is 9.10. The largest absolute Gasteiger partial charge is 0.469 e. The first-order chi connectivity index (χ1) is 9.67. The molecule has 0 saturated carbocycles. The van der Waals surface area contributed by atoms with E-state index in [0.717, 1.165) is 41.7 Å². The average Bonchev–Trinajstić information content (AvgIpc) is 3.00. The molecule has 0 bridgehead atoms. The Morgan fingerprint density at radius 1 is 1.40 bits per heavy atom. The Morgan fingerprint density at radius 2 is 2.20 bits per heavy atom. The van der Waals surface area contributed by atoms with Gasteiger partial charge in [0, 0.05) is 12.1 Å². The fourth-order valence-corrected chi connectivity index (χ4v) is 2.85. The van der Waals surface area contributed by atoms with Crippen LogP contribution in [0.5, 0.6) is 0 Å². The van der Waals surface area contributed by atoms with Gasteiger partial charge in [0.05, 0.1) is 28.7 Å². The van der Waals surface area contributed by atoms with Gasteiger partial charge in [0.25, 0.3) is 0 Å². The Bertz CT molecular complexity index is 547. The van der Waals surface area contributed by atoms with Crippen molar-refractivity contribution >= 4 is 15.9 Å². The summed E-state index contributed by atoms with van der Waals surface area (Å²) in [7, 11) is 0. The topological polar surface area (TPSA) is 43.0 Å². The van der Waals surface area contributed by atoms with Crippen molar-refractivity contribution in [1.82, 2.24) is 15.1 Å². The summed E-state index contributed by atoms with van der Waals surface area (Å²) < 4.78 is 8.59. The molecule has 0 aliphatic heterocycles. The van der Waals surface area contributed by atoms with Crippen LogP contribution < -0.4 is 5.32 Å². The number of furan rings is 1. The van der Waals surface area contributed by atoms with Crippen molar-refractivity contribution in [1.29, 1.82) is 0 Å². The third-order valence-corrected chi connectivity index (χ3v) is 3.84. The van der Waals surface area contributed by atoms with E-state index in [1.165, 1.54) is 5.69 Å². The number of aryl methyl sites for hydroxylation is 2. The van der Waals surface area contributed by atoms with Gasteiger partial charge in [0.2, 0.25) is 0 Å². The van der Waals surface area contributed by atoms with Crippen molar-refractivity contribution in [2.45, 2.75) is 46.2 Å². The van der Waals surface area contributed by atoms with Gasteiger partial charge in [-0.1, -0.05) is 13.8 Å². The normalized spacial score (nSPS) is 12.8. The van der Waals surface area contributed by atoms with E-state index in [1.807, 2.05) is 19.4 Å². The Kier molecular flexibility index (Phi) is 5.43. The molecule has 20 heavy (non-hydrogen) atoms. The summed E-state index contributed by atoms with van der Waals surface area (Å²) in [5, 5.41) is 8.06. The molecule has 1 atom stereocenters. The van der Waals surface area contributed by atoms with Crippen LogP contribution in [0.2, 0.25) is 0 Å². The first-order valence-electron chi connectivity index (χ1n) is 7.17. The maximum Gasteiger partial charge on any atom is 0.101 e. The van der Waals surface area contributed by atoms with Crippen LogP contribution in [0.4, 0.5) is 0 Å². The second kappa shape index (κ2) is 7.09. The molecule has 0 fully saturated rings. The Hall–Kier alpha value is -1.07. The number of rotatable bonds is 7. The van der Waals surface area contributed by atoms with Crippen molar-refractivity contribution in [3.05, 3.63) is 40.0 Å². The Labute approximate surface area is 128 Å². The van der Waals surface area contributed by atoms with Gasteiger partial charge in [-0.3, -0.25) is 4.68 Å². The van der Waals surface area contributed by atoms with Gasteiger partial charge in [0.15, 0.2) is 0 Å². The van der Waals surface area contributed by atoms with Gasteiger partial charge in [-0.15, -0.1) is 0 Å². The molecule has 5 heteroatoms. The maximum atomic E-state index is 5.48. The summed E-state index contributed by atoms with van der Waals surface area (Å²) in [5.74, 6) is 0.931. The second-order valence-corrected chi connectivity index (χ2v) is 5.83. The quantitative estimate of drug-likeness (QED) is 0.827. The zero-order valence-electron chi connectivity index (χ0n) is 12.3. The molecule has 0 spiro atoms. The van der Waals surface area contributed by atoms with E-state index in [1.54, 1.807) is 0 Å². The minimum atomic E-state index is 0.107. The van der Waals surface area contributed by atoms with Crippen LogP contribution >= 0.6 is 15.9 Å². The molecule has 0 radical (unpaired) electrons. The number of nitrogens with one attached hydrogen (secondary N) is 1. The van der Waals surface area contributed by atoms with Crippen molar-refractivity contribution < 1.29 is 4.42 Å². The molecule has 0 aliphatic carbocycles. The summed E-state index contributed by atoms with van der Waals surface area (Å²) in [5.41, 5.74) is 2.32. The number of hydrogen-bond donors (Lipinski definition) is 1. The molecule has 0 saturated heterocycles. The Morgan fingerprint density at radius 3 is 2.80 bits per heavy atom. The third-order valence-electron chi connectivity index (χ3n) is 3.22. The van der Waals surface area contributed by atoms with Gasteiger partial charge < -0.3 is 9.73 Å². The fourth-order valence-electron chi connectivity index (χ4n) is 2.33. The summed E-state index contributed by atoms with van der Waals surface area (Å²) in [6, 6.07) is 2.19. The molecule has 1 N–H and O–H groups in total. The molecule has 0 aliphatic rings. The number of halogens is 1. The van der Waals surface area contributed by atoms with E-state index in [0.29, 0.717) is 0 Å². The van der Waals surface area contributed by atoms with Crippen molar-refractivity contribution in [3.63, 3.8) is 0 Å². The third kappa shape index (κ3) is 3.33.